The van der Waals surface area contributed by atoms with Crippen molar-refractivity contribution in [1.29, 1.82) is 0 Å². The molecule has 0 bridgehead atoms. The minimum Gasteiger partial charge on any atom is -0.497 e. The van der Waals surface area contributed by atoms with Crippen LogP contribution in [0.5, 0.6) is 5.75 Å². The summed E-state index contributed by atoms with van der Waals surface area (Å²) in [4.78, 5) is 28.1. The molecule has 39 heavy (non-hydrogen) atoms. The van der Waals surface area contributed by atoms with Crippen LogP contribution >= 0.6 is 23.2 Å². The normalized spacial score (nSPS) is 17.5. The number of fused-ring (bicyclic) bond motifs is 1. The third-order valence-corrected chi connectivity index (χ3v) is 9.68. The zero-order valence-corrected chi connectivity index (χ0v) is 23.5. The van der Waals surface area contributed by atoms with Gasteiger partial charge in [-0.25, -0.2) is 8.42 Å². The van der Waals surface area contributed by atoms with Crippen LogP contribution in [0.1, 0.15) is 28.8 Å². The van der Waals surface area contributed by atoms with Crippen LogP contribution in [-0.4, -0.2) is 51.3 Å². The molecule has 1 unspecified atom stereocenters. The maximum absolute atomic E-state index is 13.3. The molecule has 2 heterocycles. The van der Waals surface area contributed by atoms with Crippen LogP contribution in [0.3, 0.4) is 0 Å². The summed E-state index contributed by atoms with van der Waals surface area (Å²) < 4.78 is 33.0. The van der Waals surface area contributed by atoms with Gasteiger partial charge in [-0.1, -0.05) is 29.3 Å². The topological polar surface area (TPSA) is 96.0 Å². The van der Waals surface area contributed by atoms with Crippen molar-refractivity contribution in [2.24, 2.45) is 5.92 Å². The van der Waals surface area contributed by atoms with E-state index in [1.54, 1.807) is 48.4 Å². The molecular formula is C28H27Cl2N3O5S. The fraction of sp³-hybridized carbons (Fsp3) is 0.286. The molecule has 0 aromatic heterocycles. The van der Waals surface area contributed by atoms with Crippen LogP contribution in [0, 0.1) is 5.92 Å². The van der Waals surface area contributed by atoms with Gasteiger partial charge in [0, 0.05) is 41.6 Å². The summed E-state index contributed by atoms with van der Waals surface area (Å²) in [5, 5.41) is 3.27. The number of piperidine rings is 1. The molecule has 0 radical (unpaired) electrons. The zero-order chi connectivity index (χ0) is 27.7. The molecule has 0 saturated carbocycles. The molecule has 1 fully saturated rings. The molecule has 1 N–H and O–H groups in total. The van der Waals surface area contributed by atoms with Crippen molar-refractivity contribution in [1.82, 2.24) is 4.31 Å². The molecule has 8 nitrogen and oxygen atoms in total. The van der Waals surface area contributed by atoms with Crippen LogP contribution in [0.4, 0.5) is 11.4 Å². The van der Waals surface area contributed by atoms with Crippen molar-refractivity contribution in [2.75, 3.05) is 37.0 Å². The molecule has 1 atom stereocenters. The second-order valence-corrected chi connectivity index (χ2v) is 12.3. The van der Waals surface area contributed by atoms with E-state index in [9.17, 15) is 18.0 Å². The van der Waals surface area contributed by atoms with Crippen molar-refractivity contribution < 1.29 is 22.7 Å². The Kier molecular flexibility index (Phi) is 7.87. The molecule has 0 aliphatic carbocycles. The fourth-order valence-corrected chi connectivity index (χ4v) is 7.25. The number of halogens is 2. The third-order valence-electron chi connectivity index (χ3n) is 7.10. The Morgan fingerprint density at radius 2 is 1.77 bits per heavy atom. The number of hydrogen-bond donors (Lipinski definition) is 1. The largest absolute Gasteiger partial charge is 0.497 e. The average Bonchev–Trinajstić information content (AvgIpc) is 3.37. The molecule has 5 rings (SSSR count). The monoisotopic (exact) mass is 587 g/mol. The number of sulfonamides is 1. The quantitative estimate of drug-likeness (QED) is 0.425. The first kappa shape index (κ1) is 27.5. The summed E-state index contributed by atoms with van der Waals surface area (Å²) in [5.41, 5.74) is 2.85. The third kappa shape index (κ3) is 5.63. The number of carbonyl (C=O) groups excluding carboxylic acids is 2. The number of benzene rings is 3. The van der Waals surface area contributed by atoms with Gasteiger partial charge >= 0.3 is 0 Å². The van der Waals surface area contributed by atoms with Gasteiger partial charge in [0.05, 0.1) is 18.1 Å². The summed E-state index contributed by atoms with van der Waals surface area (Å²) in [7, 11) is -2.35. The molecule has 204 valence electrons. The van der Waals surface area contributed by atoms with Crippen molar-refractivity contribution in [2.45, 2.75) is 24.2 Å². The van der Waals surface area contributed by atoms with Crippen molar-refractivity contribution in [3.05, 3.63) is 81.8 Å². The van der Waals surface area contributed by atoms with E-state index < -0.39 is 15.9 Å². The second kappa shape index (κ2) is 11.2. The van der Waals surface area contributed by atoms with E-state index in [1.807, 2.05) is 6.07 Å². The molecule has 1 saturated heterocycles. The number of nitrogens with one attached hydrogen (secondary N) is 1. The summed E-state index contributed by atoms with van der Waals surface area (Å²) >= 11 is 12.2. The first-order valence-corrected chi connectivity index (χ1v) is 14.7. The highest BCUT2D eigenvalue weighted by atomic mass is 35.5. The van der Waals surface area contributed by atoms with Crippen LogP contribution in [0.2, 0.25) is 10.0 Å². The van der Waals surface area contributed by atoms with Crippen molar-refractivity contribution in [3.63, 3.8) is 0 Å². The average molecular weight is 589 g/mol. The summed E-state index contributed by atoms with van der Waals surface area (Å²) in [6.07, 6.45) is 1.80. The molecule has 0 spiro atoms. The highest BCUT2D eigenvalue weighted by molar-refractivity contribution is 7.89. The first-order valence-electron chi connectivity index (χ1n) is 12.5. The molecular weight excluding hydrogens is 561 g/mol. The number of methoxy groups -OCH3 is 1. The number of amides is 2. The van der Waals surface area contributed by atoms with Gasteiger partial charge in [0.15, 0.2) is 0 Å². The van der Waals surface area contributed by atoms with Gasteiger partial charge < -0.3 is 15.0 Å². The Morgan fingerprint density at radius 1 is 1.00 bits per heavy atom. The summed E-state index contributed by atoms with van der Waals surface area (Å²) in [6.45, 7) is 0.860. The maximum Gasteiger partial charge on any atom is 0.258 e. The predicted molar refractivity (Wildman–Crippen MR) is 151 cm³/mol. The van der Waals surface area contributed by atoms with Gasteiger partial charge in [-0.3, -0.25) is 9.59 Å². The highest BCUT2D eigenvalue weighted by Crippen LogP contribution is 2.34. The lowest BCUT2D eigenvalue weighted by molar-refractivity contribution is -0.120. The molecule has 3 aromatic carbocycles. The van der Waals surface area contributed by atoms with E-state index in [0.717, 1.165) is 11.3 Å². The molecule has 3 aromatic rings. The Hall–Kier alpha value is -3.11. The molecule has 2 amide bonds. The van der Waals surface area contributed by atoms with E-state index in [4.69, 9.17) is 27.9 Å². The van der Waals surface area contributed by atoms with E-state index in [0.29, 0.717) is 42.8 Å². The van der Waals surface area contributed by atoms with Gasteiger partial charge in [-0.2, -0.15) is 4.31 Å². The molecule has 2 aliphatic rings. The number of anilines is 2. The minimum atomic E-state index is -3.93. The van der Waals surface area contributed by atoms with Crippen LogP contribution in [0.25, 0.3) is 0 Å². The first-order chi connectivity index (χ1) is 18.7. The lowest BCUT2D eigenvalue weighted by atomic mass is 9.98. The van der Waals surface area contributed by atoms with E-state index in [1.165, 1.54) is 22.5 Å². The summed E-state index contributed by atoms with van der Waals surface area (Å²) in [6, 6.07) is 16.8. The van der Waals surface area contributed by atoms with E-state index >= 15 is 0 Å². The van der Waals surface area contributed by atoms with Gasteiger partial charge in [-0.05, 0) is 79.4 Å². The Labute approximate surface area is 237 Å². The van der Waals surface area contributed by atoms with Gasteiger partial charge in [-0.15, -0.1) is 0 Å². The SMILES string of the molecule is COc1ccc(C(=O)N2CCc3ccc(NC(=O)C4CCCN(S(=O)(=O)c5cc(Cl)ccc5Cl)C4)cc32)cc1. The number of nitrogens with zero attached hydrogens (tertiary/aromatic N) is 2. The van der Waals surface area contributed by atoms with Gasteiger partial charge in [0.1, 0.15) is 10.6 Å². The highest BCUT2D eigenvalue weighted by Gasteiger charge is 2.35. The predicted octanol–water partition coefficient (Wildman–Crippen LogP) is 5.24. The maximum atomic E-state index is 13.3. The Balaban J connectivity index is 1.30. The lowest BCUT2D eigenvalue weighted by Gasteiger charge is -2.31. The van der Waals surface area contributed by atoms with Crippen LogP contribution < -0.4 is 15.0 Å². The van der Waals surface area contributed by atoms with Gasteiger partial charge in [0.2, 0.25) is 15.9 Å². The molecule has 2 aliphatic heterocycles. The van der Waals surface area contributed by atoms with Gasteiger partial charge in [0.25, 0.3) is 5.91 Å². The van der Waals surface area contributed by atoms with Crippen molar-refractivity contribution >= 4 is 56.4 Å². The zero-order valence-electron chi connectivity index (χ0n) is 21.2. The fourth-order valence-electron chi connectivity index (χ4n) is 4.99. The smallest absolute Gasteiger partial charge is 0.258 e. The number of carbonyl (C=O) groups is 2. The van der Waals surface area contributed by atoms with E-state index in [2.05, 4.69) is 5.32 Å². The number of rotatable bonds is 6. The van der Waals surface area contributed by atoms with Crippen LogP contribution in [0.15, 0.2) is 65.6 Å². The number of ether oxygens (including phenoxy) is 1. The summed E-state index contributed by atoms with van der Waals surface area (Å²) in [5.74, 6) is -0.286. The Morgan fingerprint density at radius 3 is 2.51 bits per heavy atom. The Bertz CT molecular complexity index is 1530. The van der Waals surface area contributed by atoms with Crippen LogP contribution in [-0.2, 0) is 21.2 Å². The minimum absolute atomic E-state index is 0.0318. The lowest BCUT2D eigenvalue weighted by Crippen LogP contribution is -2.43. The van der Waals surface area contributed by atoms with Crippen molar-refractivity contribution in [3.8, 4) is 5.75 Å². The second-order valence-electron chi connectivity index (χ2n) is 9.54. The molecule has 11 heteroatoms. The standard InChI is InChI=1S/C28H27Cl2N3O5S/c1-38-23-9-5-19(6-10-23)28(35)33-14-12-18-4-8-22(16-25(18)33)31-27(34)20-3-2-13-32(17-20)39(36,37)26-15-21(29)7-11-24(26)30/h4-11,15-16,20H,2-3,12-14,17H2,1H3,(H,31,34). The van der Waals surface area contributed by atoms with E-state index in [-0.39, 0.29) is 39.8 Å². The number of hydrogen-bond acceptors (Lipinski definition) is 5.